The highest BCUT2D eigenvalue weighted by Crippen LogP contribution is 2.33. The molecule has 2 aromatic carbocycles. The van der Waals surface area contributed by atoms with E-state index in [1.807, 2.05) is 12.1 Å². The zero-order valence-electron chi connectivity index (χ0n) is 16.1. The van der Waals surface area contributed by atoms with Crippen LogP contribution in [0.25, 0.3) is 0 Å². The topological polar surface area (TPSA) is 55.4 Å². The average Bonchev–Trinajstić information content (AvgIpc) is 2.56. The van der Waals surface area contributed by atoms with E-state index in [0.717, 1.165) is 5.75 Å². The van der Waals surface area contributed by atoms with Gasteiger partial charge in [0.2, 0.25) is 5.91 Å². The maximum atomic E-state index is 11.6. The van der Waals surface area contributed by atoms with Crippen molar-refractivity contribution in [2.75, 3.05) is 5.32 Å². The Morgan fingerprint density at radius 1 is 0.962 bits per heavy atom. The van der Waals surface area contributed by atoms with Crippen LogP contribution in [0.15, 0.2) is 48.5 Å². The highest BCUT2D eigenvalue weighted by Gasteiger charge is 2.24. The summed E-state index contributed by atoms with van der Waals surface area (Å²) >= 11 is 0. The Bertz CT molecular complexity index is 759. The Balaban J connectivity index is 2.01. The summed E-state index contributed by atoms with van der Waals surface area (Å²) in [7, 11) is 0. The second-order valence-electron chi connectivity index (χ2n) is 7.45. The number of hydrogen-bond donors (Lipinski definition) is 1. The zero-order chi connectivity index (χ0) is 19.3. The summed E-state index contributed by atoms with van der Waals surface area (Å²) in [5.41, 5.74) is 2.03. The molecule has 0 fully saturated rings. The van der Waals surface area contributed by atoms with Crippen LogP contribution in [0.3, 0.4) is 0 Å². The van der Waals surface area contributed by atoms with Crippen LogP contribution in [0, 0.1) is 5.92 Å². The van der Waals surface area contributed by atoms with Crippen molar-refractivity contribution in [1.82, 2.24) is 0 Å². The second kappa shape index (κ2) is 8.17. The first-order valence-corrected chi connectivity index (χ1v) is 8.86. The molecule has 1 N–H and O–H groups in total. The van der Waals surface area contributed by atoms with Crippen molar-refractivity contribution in [3.63, 3.8) is 0 Å². The molecule has 0 unspecified atom stereocenters. The molecule has 0 heterocycles. The molecular formula is C22H27NO3. The number of ketones is 1. The predicted molar refractivity (Wildman–Crippen MR) is 105 cm³/mol. The van der Waals surface area contributed by atoms with Gasteiger partial charge in [0, 0.05) is 5.69 Å². The van der Waals surface area contributed by atoms with Gasteiger partial charge in [-0.3, -0.25) is 9.59 Å². The number of hydrogen-bond acceptors (Lipinski definition) is 3. The summed E-state index contributed by atoms with van der Waals surface area (Å²) in [6, 6.07) is 15.2. The average molecular weight is 353 g/mol. The van der Waals surface area contributed by atoms with E-state index in [-0.39, 0.29) is 23.5 Å². The summed E-state index contributed by atoms with van der Waals surface area (Å²) in [6.07, 6.45) is -0.114. The highest BCUT2D eigenvalue weighted by molar-refractivity contribution is 6.03. The second-order valence-corrected chi connectivity index (χ2v) is 7.45. The van der Waals surface area contributed by atoms with Crippen LogP contribution in [0.5, 0.6) is 11.5 Å². The normalized spacial score (nSPS) is 11.3. The smallest absolute Gasteiger partial charge is 0.231 e. The summed E-state index contributed by atoms with van der Waals surface area (Å²) in [5, 5.41) is 2.68. The largest absolute Gasteiger partial charge is 0.457 e. The van der Waals surface area contributed by atoms with Gasteiger partial charge in [0.1, 0.15) is 17.3 Å². The first-order valence-electron chi connectivity index (χ1n) is 8.86. The van der Waals surface area contributed by atoms with Crippen molar-refractivity contribution in [2.45, 2.75) is 46.5 Å². The molecule has 138 valence electrons. The molecule has 0 saturated carbocycles. The maximum Gasteiger partial charge on any atom is 0.231 e. The van der Waals surface area contributed by atoms with E-state index in [0.29, 0.717) is 17.4 Å². The van der Waals surface area contributed by atoms with Crippen molar-refractivity contribution in [2.24, 2.45) is 5.92 Å². The lowest BCUT2D eigenvalue weighted by atomic mass is 9.75. The molecule has 4 heteroatoms. The fraction of sp³-hybridized carbons (Fsp3) is 0.364. The maximum absolute atomic E-state index is 11.6. The van der Waals surface area contributed by atoms with Crippen molar-refractivity contribution < 1.29 is 14.3 Å². The molecule has 0 aliphatic rings. The first-order chi connectivity index (χ1) is 12.2. The molecule has 0 aliphatic carbocycles. The van der Waals surface area contributed by atoms with Gasteiger partial charge < -0.3 is 10.1 Å². The van der Waals surface area contributed by atoms with Crippen LogP contribution in [0.4, 0.5) is 5.69 Å². The van der Waals surface area contributed by atoms with Crippen LogP contribution in [-0.2, 0) is 15.0 Å². The number of rotatable bonds is 7. The minimum absolute atomic E-state index is 0.109. The van der Waals surface area contributed by atoms with E-state index in [1.54, 1.807) is 24.3 Å². The molecule has 1 amide bonds. The number of ether oxygens (including phenoxy) is 1. The Morgan fingerprint density at radius 3 is 1.92 bits per heavy atom. The molecule has 2 aromatic rings. The van der Waals surface area contributed by atoms with E-state index >= 15 is 0 Å². The fourth-order valence-electron chi connectivity index (χ4n) is 2.46. The van der Waals surface area contributed by atoms with Crippen molar-refractivity contribution >= 4 is 17.4 Å². The van der Waals surface area contributed by atoms with Crippen LogP contribution < -0.4 is 10.1 Å². The number of carbonyl (C=O) groups excluding carboxylic acids is 2. The molecule has 0 aromatic heterocycles. The van der Waals surface area contributed by atoms with Crippen molar-refractivity contribution in [3.05, 3.63) is 54.1 Å². The van der Waals surface area contributed by atoms with Gasteiger partial charge in [0.05, 0.1) is 6.42 Å². The lowest BCUT2D eigenvalue weighted by molar-refractivity contribution is -0.124. The van der Waals surface area contributed by atoms with Crippen LogP contribution >= 0.6 is 0 Å². The minimum Gasteiger partial charge on any atom is -0.457 e. The van der Waals surface area contributed by atoms with E-state index in [1.165, 1.54) is 12.5 Å². The summed E-state index contributed by atoms with van der Waals surface area (Å²) in [5.74, 6) is 1.52. The van der Waals surface area contributed by atoms with Gasteiger partial charge in [-0.2, -0.15) is 0 Å². The molecule has 0 bridgehead atoms. The van der Waals surface area contributed by atoms with Crippen LogP contribution in [0.1, 0.15) is 46.6 Å². The third kappa shape index (κ3) is 5.19. The third-order valence-corrected chi connectivity index (χ3v) is 4.82. The molecule has 0 saturated heterocycles. The van der Waals surface area contributed by atoms with Gasteiger partial charge in [-0.1, -0.05) is 39.8 Å². The van der Waals surface area contributed by atoms with E-state index in [4.69, 9.17) is 4.74 Å². The molecule has 0 atom stereocenters. The van der Waals surface area contributed by atoms with E-state index in [9.17, 15) is 9.59 Å². The Kier molecular flexibility index (Phi) is 6.19. The van der Waals surface area contributed by atoms with Gasteiger partial charge in [-0.25, -0.2) is 0 Å². The molecule has 0 radical (unpaired) electrons. The SMILES string of the molecule is CC(=O)CC(=O)Nc1ccc(Oc2ccc(C(C)(C)C(C)C)cc2)cc1. The number of Topliss-reactive ketones (excluding diaryl/α,β-unsaturated/α-hetero) is 1. The molecule has 4 nitrogen and oxygen atoms in total. The molecule has 0 aliphatic heterocycles. The molecular weight excluding hydrogens is 326 g/mol. The molecule has 0 spiro atoms. The quantitative estimate of drug-likeness (QED) is 0.685. The zero-order valence-corrected chi connectivity index (χ0v) is 16.1. The predicted octanol–water partition coefficient (Wildman–Crippen LogP) is 5.33. The molecule has 26 heavy (non-hydrogen) atoms. The van der Waals surface area contributed by atoms with Gasteiger partial charge in [-0.05, 0) is 60.2 Å². The third-order valence-electron chi connectivity index (χ3n) is 4.82. The Labute approximate surface area is 155 Å². The van der Waals surface area contributed by atoms with E-state index < -0.39 is 0 Å². The van der Waals surface area contributed by atoms with Gasteiger partial charge in [-0.15, -0.1) is 0 Å². The molecule has 2 rings (SSSR count). The summed E-state index contributed by atoms with van der Waals surface area (Å²) in [6.45, 7) is 10.3. The minimum atomic E-state index is -0.311. The monoisotopic (exact) mass is 353 g/mol. The van der Waals surface area contributed by atoms with Crippen LogP contribution in [-0.4, -0.2) is 11.7 Å². The lowest BCUT2D eigenvalue weighted by Gasteiger charge is -2.30. The fourth-order valence-corrected chi connectivity index (χ4v) is 2.46. The van der Waals surface area contributed by atoms with Gasteiger partial charge in [0.15, 0.2) is 0 Å². The van der Waals surface area contributed by atoms with Gasteiger partial charge >= 0.3 is 0 Å². The highest BCUT2D eigenvalue weighted by atomic mass is 16.5. The van der Waals surface area contributed by atoms with E-state index in [2.05, 4.69) is 45.1 Å². The summed E-state index contributed by atoms with van der Waals surface area (Å²) < 4.78 is 5.86. The Hall–Kier alpha value is -2.62. The number of carbonyl (C=O) groups is 2. The van der Waals surface area contributed by atoms with Crippen molar-refractivity contribution in [1.29, 1.82) is 0 Å². The number of anilines is 1. The number of nitrogens with one attached hydrogen (secondary N) is 1. The number of amides is 1. The van der Waals surface area contributed by atoms with Gasteiger partial charge in [0.25, 0.3) is 0 Å². The Morgan fingerprint density at radius 2 is 1.46 bits per heavy atom. The number of benzene rings is 2. The van der Waals surface area contributed by atoms with Crippen LogP contribution in [0.2, 0.25) is 0 Å². The summed E-state index contributed by atoms with van der Waals surface area (Å²) in [4.78, 5) is 22.5. The first kappa shape index (κ1) is 19.7. The standard InChI is InChI=1S/C22H27NO3/c1-15(2)22(4,5)17-6-10-19(11-7-17)26-20-12-8-18(9-13-20)23-21(25)14-16(3)24/h6-13,15H,14H2,1-5H3,(H,23,25). The van der Waals surface area contributed by atoms with Crippen molar-refractivity contribution in [3.8, 4) is 11.5 Å². The lowest BCUT2D eigenvalue weighted by Crippen LogP contribution is -2.24.